The summed E-state index contributed by atoms with van der Waals surface area (Å²) in [6.45, 7) is 0.212. The molecule has 0 aliphatic heterocycles. The quantitative estimate of drug-likeness (QED) is 0.408. The fourth-order valence-corrected chi connectivity index (χ4v) is 0.179. The summed E-state index contributed by atoms with van der Waals surface area (Å²) in [7, 11) is 0. The van der Waals surface area contributed by atoms with Crippen molar-refractivity contribution in [3.63, 3.8) is 0 Å². The minimum absolute atomic E-state index is 0. The molecule has 0 rings (SSSR count). The van der Waals surface area contributed by atoms with Gasteiger partial charge >= 0.3 is 37.7 Å². The molecule has 0 amide bonds. The van der Waals surface area contributed by atoms with Crippen molar-refractivity contribution in [1.82, 2.24) is 0 Å². The van der Waals surface area contributed by atoms with Crippen LogP contribution in [-0.2, 0) is 0 Å². The van der Waals surface area contributed by atoms with Crippen LogP contribution < -0.4 is 0 Å². The van der Waals surface area contributed by atoms with E-state index in [4.69, 9.17) is 16.7 Å². The standard InChI is InChI=1S/C3H7ClO.Ca.2H/c4-2-1-3-5;;;/h5H,1-3H2;;;. The number of aliphatic hydroxyl groups excluding tert-OH is 1. The Balaban J connectivity index is 0. The molecule has 0 spiro atoms. The van der Waals surface area contributed by atoms with Crippen molar-refractivity contribution in [2.75, 3.05) is 12.5 Å². The van der Waals surface area contributed by atoms with Gasteiger partial charge in [-0.3, -0.25) is 0 Å². The van der Waals surface area contributed by atoms with Crippen LogP contribution in [-0.4, -0.2) is 55.3 Å². The van der Waals surface area contributed by atoms with Crippen molar-refractivity contribution in [2.45, 2.75) is 6.42 Å². The zero-order valence-electron chi connectivity index (χ0n) is 2.95. The summed E-state index contributed by atoms with van der Waals surface area (Å²) in [6.07, 6.45) is 0.710. The molecule has 0 aromatic rings. The Bertz CT molecular complexity index is 18.3. The van der Waals surface area contributed by atoms with Gasteiger partial charge in [0.25, 0.3) is 0 Å². The maximum atomic E-state index is 7.98. The predicted molar refractivity (Wildman–Crippen MR) is 31.0 cm³/mol. The molecule has 0 saturated heterocycles. The van der Waals surface area contributed by atoms with E-state index in [1.165, 1.54) is 0 Å². The maximum absolute atomic E-state index is 7.98. The molecule has 0 saturated carbocycles. The van der Waals surface area contributed by atoms with Crippen molar-refractivity contribution in [3.05, 3.63) is 0 Å². The molecule has 0 aliphatic rings. The van der Waals surface area contributed by atoms with Gasteiger partial charge in [-0.05, 0) is 6.42 Å². The van der Waals surface area contributed by atoms with E-state index in [-0.39, 0.29) is 44.3 Å². The Kier molecular flexibility index (Phi) is 17.0. The van der Waals surface area contributed by atoms with Gasteiger partial charge in [-0.15, -0.1) is 11.6 Å². The van der Waals surface area contributed by atoms with Gasteiger partial charge in [0.1, 0.15) is 0 Å². The van der Waals surface area contributed by atoms with Crippen LogP contribution in [0.1, 0.15) is 6.42 Å². The molecule has 6 heavy (non-hydrogen) atoms. The molecular weight excluding hydrogens is 128 g/mol. The normalized spacial score (nSPS) is 7.00. The summed E-state index contributed by atoms with van der Waals surface area (Å²) >= 11 is 5.14. The van der Waals surface area contributed by atoms with Crippen molar-refractivity contribution in [2.24, 2.45) is 0 Å². The van der Waals surface area contributed by atoms with Crippen LogP contribution in [0.2, 0.25) is 0 Å². The molecule has 3 heteroatoms. The summed E-state index contributed by atoms with van der Waals surface area (Å²) in [5, 5.41) is 7.98. The molecule has 0 bridgehead atoms. The first-order chi connectivity index (χ1) is 2.41. The average Bonchev–Trinajstić information content (AvgIpc) is 1.41. The molecule has 0 radical (unpaired) electrons. The van der Waals surface area contributed by atoms with Crippen LogP contribution in [0.4, 0.5) is 0 Å². The first-order valence-electron chi connectivity index (χ1n) is 1.58. The fourth-order valence-electron chi connectivity index (χ4n) is 0.0598. The van der Waals surface area contributed by atoms with Crippen molar-refractivity contribution in [3.8, 4) is 0 Å². The Morgan fingerprint density at radius 3 is 2.00 bits per heavy atom. The van der Waals surface area contributed by atoms with Crippen molar-refractivity contribution >= 4 is 49.3 Å². The molecular formula is C3H9CaClO. The molecule has 0 unspecified atom stereocenters. The van der Waals surface area contributed by atoms with E-state index < -0.39 is 0 Å². The van der Waals surface area contributed by atoms with Gasteiger partial charge in [0.05, 0.1) is 0 Å². The zero-order valence-corrected chi connectivity index (χ0v) is 3.70. The second-order valence-corrected chi connectivity index (χ2v) is 1.14. The number of halogens is 1. The van der Waals surface area contributed by atoms with E-state index in [0.717, 1.165) is 0 Å². The zero-order chi connectivity index (χ0) is 4.12. The Labute approximate surface area is 72.7 Å². The summed E-state index contributed by atoms with van der Waals surface area (Å²) in [5.41, 5.74) is 0. The topological polar surface area (TPSA) is 20.2 Å². The number of alkyl halides is 1. The van der Waals surface area contributed by atoms with Crippen LogP contribution in [0.15, 0.2) is 0 Å². The number of hydrogen-bond acceptors (Lipinski definition) is 1. The first-order valence-corrected chi connectivity index (χ1v) is 2.12. The van der Waals surface area contributed by atoms with Gasteiger partial charge in [-0.2, -0.15) is 0 Å². The summed E-state index contributed by atoms with van der Waals surface area (Å²) in [4.78, 5) is 0. The van der Waals surface area contributed by atoms with E-state index in [0.29, 0.717) is 12.3 Å². The van der Waals surface area contributed by atoms with Gasteiger partial charge in [0, 0.05) is 12.5 Å². The molecule has 36 valence electrons. The van der Waals surface area contributed by atoms with Crippen LogP contribution in [0, 0.1) is 0 Å². The van der Waals surface area contributed by atoms with E-state index in [2.05, 4.69) is 0 Å². The second-order valence-electron chi connectivity index (χ2n) is 0.766. The summed E-state index contributed by atoms with van der Waals surface area (Å²) in [6, 6.07) is 0. The number of rotatable bonds is 2. The molecule has 0 atom stereocenters. The Morgan fingerprint density at radius 1 is 1.50 bits per heavy atom. The third-order valence-electron chi connectivity index (χ3n) is 0.292. The van der Waals surface area contributed by atoms with E-state index >= 15 is 0 Å². The Hall–Kier alpha value is 1.51. The third kappa shape index (κ3) is 9.10. The molecule has 0 aromatic heterocycles. The van der Waals surface area contributed by atoms with E-state index in [1.54, 1.807) is 0 Å². The fraction of sp³-hybridized carbons (Fsp3) is 1.00. The number of hydrogen-bond donors (Lipinski definition) is 1. The second kappa shape index (κ2) is 9.72. The molecule has 0 aliphatic carbocycles. The third-order valence-corrected chi connectivity index (χ3v) is 0.559. The molecule has 0 heterocycles. The molecule has 1 nitrogen and oxygen atoms in total. The monoisotopic (exact) mass is 136 g/mol. The molecule has 0 aromatic carbocycles. The van der Waals surface area contributed by atoms with Crippen LogP contribution in [0.3, 0.4) is 0 Å². The van der Waals surface area contributed by atoms with Gasteiger partial charge in [0.15, 0.2) is 0 Å². The minimum atomic E-state index is 0. The first kappa shape index (κ1) is 10.5. The van der Waals surface area contributed by atoms with Crippen molar-refractivity contribution in [1.29, 1.82) is 0 Å². The average molecular weight is 137 g/mol. The van der Waals surface area contributed by atoms with Crippen molar-refractivity contribution < 1.29 is 5.11 Å². The van der Waals surface area contributed by atoms with Crippen LogP contribution >= 0.6 is 11.6 Å². The SMILES string of the molecule is OCCCCl.[CaH2]. The van der Waals surface area contributed by atoms with Crippen LogP contribution in [0.5, 0.6) is 0 Å². The van der Waals surface area contributed by atoms with Gasteiger partial charge in [-0.1, -0.05) is 0 Å². The van der Waals surface area contributed by atoms with E-state index in [1.807, 2.05) is 0 Å². The van der Waals surface area contributed by atoms with E-state index in [9.17, 15) is 0 Å². The molecule has 0 fully saturated rings. The molecule has 1 N–H and O–H groups in total. The summed E-state index contributed by atoms with van der Waals surface area (Å²) < 4.78 is 0. The summed E-state index contributed by atoms with van der Waals surface area (Å²) in [5.74, 6) is 0.566. The predicted octanol–water partition coefficient (Wildman–Crippen LogP) is -0.309. The Morgan fingerprint density at radius 2 is 2.00 bits per heavy atom. The number of aliphatic hydroxyl groups is 1. The van der Waals surface area contributed by atoms with Gasteiger partial charge in [0.2, 0.25) is 0 Å². The van der Waals surface area contributed by atoms with Gasteiger partial charge < -0.3 is 5.11 Å². The van der Waals surface area contributed by atoms with Gasteiger partial charge in [-0.25, -0.2) is 0 Å². The van der Waals surface area contributed by atoms with Crippen LogP contribution in [0.25, 0.3) is 0 Å².